The van der Waals surface area contributed by atoms with Crippen molar-refractivity contribution in [1.82, 2.24) is 15.5 Å². The second-order valence-electron chi connectivity index (χ2n) is 8.16. The number of carbonyl (C=O) groups is 2. The monoisotopic (exact) mass is 472 g/mol. The van der Waals surface area contributed by atoms with Gasteiger partial charge in [-0.1, -0.05) is 29.8 Å². The Hall–Kier alpha value is -3.10. The zero-order valence-electron chi connectivity index (χ0n) is 18.5. The number of hydrogen-bond donors (Lipinski definition) is 2. The molecule has 2 N–H and O–H groups in total. The normalized spacial score (nSPS) is 19.2. The minimum absolute atomic E-state index is 0.317. The summed E-state index contributed by atoms with van der Waals surface area (Å²) in [4.78, 5) is 29.6. The SMILES string of the molecule is COC(=O)C1=C(CN2CCN(c3cc(Cl)ccc3C)CC2)NC(=O)N[C@@H]1c1ccc(F)cc1. The average Bonchev–Trinajstić information content (AvgIpc) is 2.81. The van der Waals surface area contributed by atoms with Crippen LogP contribution in [-0.4, -0.2) is 56.7 Å². The van der Waals surface area contributed by atoms with Gasteiger partial charge in [0, 0.05) is 49.1 Å². The Labute approximate surface area is 197 Å². The maximum Gasteiger partial charge on any atom is 0.338 e. The van der Waals surface area contributed by atoms with Gasteiger partial charge in [-0.15, -0.1) is 0 Å². The molecule has 2 aromatic carbocycles. The molecule has 2 aliphatic rings. The Morgan fingerprint density at radius 2 is 1.85 bits per heavy atom. The number of aryl methyl sites for hydroxylation is 1. The molecule has 174 valence electrons. The van der Waals surface area contributed by atoms with E-state index in [9.17, 15) is 14.0 Å². The van der Waals surface area contributed by atoms with Crippen molar-refractivity contribution in [2.24, 2.45) is 0 Å². The Balaban J connectivity index is 1.54. The molecular weight excluding hydrogens is 447 g/mol. The van der Waals surface area contributed by atoms with Crippen LogP contribution in [0.4, 0.5) is 14.9 Å². The van der Waals surface area contributed by atoms with E-state index in [1.54, 1.807) is 12.1 Å². The fourth-order valence-electron chi connectivity index (χ4n) is 4.29. The Bertz CT molecular complexity index is 1080. The highest BCUT2D eigenvalue weighted by molar-refractivity contribution is 6.30. The first-order chi connectivity index (χ1) is 15.9. The Morgan fingerprint density at radius 1 is 1.15 bits per heavy atom. The molecule has 33 heavy (non-hydrogen) atoms. The smallest absolute Gasteiger partial charge is 0.338 e. The molecule has 0 bridgehead atoms. The fourth-order valence-corrected chi connectivity index (χ4v) is 4.46. The van der Waals surface area contributed by atoms with Crippen LogP contribution in [0, 0.1) is 12.7 Å². The van der Waals surface area contributed by atoms with Crippen molar-refractivity contribution in [2.75, 3.05) is 44.7 Å². The van der Waals surface area contributed by atoms with Crippen LogP contribution in [0.1, 0.15) is 17.2 Å². The number of esters is 1. The lowest BCUT2D eigenvalue weighted by atomic mass is 9.95. The Kier molecular flexibility index (Phi) is 6.85. The van der Waals surface area contributed by atoms with Crippen molar-refractivity contribution in [2.45, 2.75) is 13.0 Å². The molecule has 0 saturated carbocycles. The van der Waals surface area contributed by atoms with Crippen molar-refractivity contribution < 1.29 is 18.7 Å². The van der Waals surface area contributed by atoms with E-state index in [1.807, 2.05) is 18.2 Å². The third-order valence-electron chi connectivity index (χ3n) is 6.03. The van der Waals surface area contributed by atoms with Crippen LogP contribution in [0.25, 0.3) is 0 Å². The van der Waals surface area contributed by atoms with E-state index in [2.05, 4.69) is 27.4 Å². The summed E-state index contributed by atoms with van der Waals surface area (Å²) >= 11 is 6.19. The lowest BCUT2D eigenvalue weighted by Crippen LogP contribution is -2.51. The topological polar surface area (TPSA) is 73.9 Å². The fraction of sp³-hybridized carbons (Fsp3) is 0.333. The number of anilines is 1. The van der Waals surface area contributed by atoms with Gasteiger partial charge in [0.1, 0.15) is 5.82 Å². The molecule has 2 aromatic rings. The van der Waals surface area contributed by atoms with Gasteiger partial charge in [0.05, 0.1) is 18.7 Å². The van der Waals surface area contributed by atoms with Crippen LogP contribution in [0.15, 0.2) is 53.7 Å². The summed E-state index contributed by atoms with van der Waals surface area (Å²) in [6.07, 6.45) is 0. The number of ether oxygens (including phenoxy) is 1. The van der Waals surface area contributed by atoms with E-state index in [-0.39, 0.29) is 0 Å². The summed E-state index contributed by atoms with van der Waals surface area (Å²) < 4.78 is 18.4. The number of hydrogen-bond acceptors (Lipinski definition) is 5. The molecule has 7 nitrogen and oxygen atoms in total. The zero-order chi connectivity index (χ0) is 23.5. The van der Waals surface area contributed by atoms with Gasteiger partial charge in [0.15, 0.2) is 0 Å². The minimum Gasteiger partial charge on any atom is -0.466 e. The third-order valence-corrected chi connectivity index (χ3v) is 6.26. The molecule has 2 aliphatic heterocycles. The van der Waals surface area contributed by atoms with Gasteiger partial charge in [-0.2, -0.15) is 0 Å². The van der Waals surface area contributed by atoms with Crippen LogP contribution in [0.5, 0.6) is 0 Å². The summed E-state index contributed by atoms with van der Waals surface area (Å²) in [7, 11) is 1.30. The molecule has 2 amide bonds. The molecular formula is C24H26ClFN4O3. The Morgan fingerprint density at radius 3 is 2.52 bits per heavy atom. The van der Waals surface area contributed by atoms with Crippen LogP contribution in [0.3, 0.4) is 0 Å². The van der Waals surface area contributed by atoms with E-state index in [1.165, 1.54) is 19.2 Å². The quantitative estimate of drug-likeness (QED) is 0.652. The highest BCUT2D eigenvalue weighted by Gasteiger charge is 2.34. The molecule has 1 fully saturated rings. The number of rotatable bonds is 5. The second-order valence-corrected chi connectivity index (χ2v) is 8.60. The summed E-state index contributed by atoms with van der Waals surface area (Å²) in [6.45, 7) is 5.51. The number of amides is 2. The van der Waals surface area contributed by atoms with E-state index < -0.39 is 23.9 Å². The molecule has 0 unspecified atom stereocenters. The van der Waals surface area contributed by atoms with E-state index >= 15 is 0 Å². The van der Waals surface area contributed by atoms with E-state index in [0.717, 1.165) is 37.4 Å². The predicted octanol–water partition coefficient (Wildman–Crippen LogP) is 3.39. The number of methoxy groups -OCH3 is 1. The molecule has 0 radical (unpaired) electrons. The molecule has 9 heteroatoms. The predicted molar refractivity (Wildman–Crippen MR) is 125 cm³/mol. The van der Waals surface area contributed by atoms with Crippen molar-refractivity contribution in [3.05, 3.63) is 75.7 Å². The number of benzene rings is 2. The van der Waals surface area contributed by atoms with E-state index in [4.69, 9.17) is 16.3 Å². The van der Waals surface area contributed by atoms with Crippen LogP contribution in [-0.2, 0) is 9.53 Å². The van der Waals surface area contributed by atoms with Crippen molar-refractivity contribution in [1.29, 1.82) is 0 Å². The third kappa shape index (κ3) is 5.12. The van der Waals surface area contributed by atoms with Crippen LogP contribution in [0.2, 0.25) is 5.02 Å². The molecule has 1 saturated heterocycles. The maximum absolute atomic E-state index is 13.4. The summed E-state index contributed by atoms with van der Waals surface area (Å²) in [5.74, 6) is -0.935. The van der Waals surface area contributed by atoms with Gasteiger partial charge in [-0.25, -0.2) is 14.0 Å². The van der Waals surface area contributed by atoms with Gasteiger partial charge in [-0.05, 0) is 42.3 Å². The average molecular weight is 473 g/mol. The molecule has 1 atom stereocenters. The van der Waals surface area contributed by atoms with Crippen molar-refractivity contribution >= 4 is 29.3 Å². The lowest BCUT2D eigenvalue weighted by molar-refractivity contribution is -0.136. The molecule has 0 aromatic heterocycles. The zero-order valence-corrected chi connectivity index (χ0v) is 19.3. The number of urea groups is 1. The first kappa shape index (κ1) is 23.1. The van der Waals surface area contributed by atoms with Gasteiger partial charge in [0.25, 0.3) is 0 Å². The van der Waals surface area contributed by atoms with Gasteiger partial charge < -0.3 is 20.3 Å². The molecule has 0 spiro atoms. The highest BCUT2D eigenvalue weighted by Crippen LogP contribution is 2.29. The molecule has 4 rings (SSSR count). The van der Waals surface area contributed by atoms with Gasteiger partial charge >= 0.3 is 12.0 Å². The summed E-state index contributed by atoms with van der Waals surface area (Å²) in [5, 5.41) is 6.24. The highest BCUT2D eigenvalue weighted by atomic mass is 35.5. The maximum atomic E-state index is 13.4. The van der Waals surface area contributed by atoms with E-state index in [0.29, 0.717) is 28.4 Å². The first-order valence-electron chi connectivity index (χ1n) is 10.7. The number of nitrogens with one attached hydrogen (secondary N) is 2. The number of carbonyl (C=O) groups excluding carboxylic acids is 2. The number of halogens is 2. The van der Waals surface area contributed by atoms with Crippen LogP contribution >= 0.6 is 11.6 Å². The number of piperazine rings is 1. The number of nitrogens with zero attached hydrogens (tertiary/aromatic N) is 2. The molecule has 0 aliphatic carbocycles. The van der Waals surface area contributed by atoms with Gasteiger partial charge in [0.2, 0.25) is 0 Å². The molecule has 2 heterocycles. The van der Waals surface area contributed by atoms with Crippen molar-refractivity contribution in [3.8, 4) is 0 Å². The standard InChI is InChI=1S/C24H26ClFN4O3/c1-15-3-6-17(25)13-20(15)30-11-9-29(10-12-30)14-19-21(23(31)33-2)22(28-24(32)27-19)16-4-7-18(26)8-5-16/h3-8,13,22H,9-12,14H2,1-2H3,(H2,27,28,32)/t22-/m1/s1. The lowest BCUT2D eigenvalue weighted by Gasteiger charge is -2.38. The van der Waals surface area contributed by atoms with Crippen LogP contribution < -0.4 is 15.5 Å². The second kappa shape index (κ2) is 9.80. The largest absolute Gasteiger partial charge is 0.466 e. The first-order valence-corrected chi connectivity index (χ1v) is 11.1. The van der Waals surface area contributed by atoms with Gasteiger partial charge in [-0.3, -0.25) is 4.90 Å². The summed E-state index contributed by atoms with van der Waals surface area (Å²) in [6, 6.07) is 10.4. The summed E-state index contributed by atoms with van der Waals surface area (Å²) in [5.41, 5.74) is 3.69. The van der Waals surface area contributed by atoms with Crippen molar-refractivity contribution in [3.63, 3.8) is 0 Å². The minimum atomic E-state index is -0.725.